The Bertz CT molecular complexity index is 1400. The molecule has 0 bridgehead atoms. The minimum atomic E-state index is -4.04. The van der Waals surface area contributed by atoms with Crippen LogP contribution in [0.3, 0.4) is 0 Å². The average Bonchev–Trinajstić information content (AvgIpc) is 2.78. The highest BCUT2D eigenvalue weighted by Gasteiger charge is 2.33. The first-order valence-corrected chi connectivity index (χ1v) is 12.2. The van der Waals surface area contributed by atoms with Crippen molar-refractivity contribution in [2.24, 2.45) is 0 Å². The van der Waals surface area contributed by atoms with E-state index >= 15 is 0 Å². The molecule has 182 valence electrons. The minimum Gasteiger partial charge on any atom is -0.322 e. The molecule has 35 heavy (non-hydrogen) atoms. The number of fused-ring (bicyclic) bond motifs is 1. The van der Waals surface area contributed by atoms with Crippen molar-refractivity contribution in [3.63, 3.8) is 0 Å². The van der Waals surface area contributed by atoms with Crippen molar-refractivity contribution in [3.05, 3.63) is 89.0 Å². The Kier molecular flexibility index (Phi) is 6.68. The normalized spacial score (nSPS) is 13.6. The van der Waals surface area contributed by atoms with Crippen LogP contribution in [-0.2, 0) is 16.6 Å². The molecule has 0 unspecified atom stereocenters. The maximum atomic E-state index is 14.0. The summed E-state index contributed by atoms with van der Waals surface area (Å²) in [6, 6.07) is 13.7. The number of sulfonamides is 1. The van der Waals surface area contributed by atoms with Gasteiger partial charge >= 0.3 is 0 Å². The van der Waals surface area contributed by atoms with Crippen LogP contribution in [0.4, 0.5) is 20.2 Å². The summed E-state index contributed by atoms with van der Waals surface area (Å²) in [6.07, 6.45) is -0.00420. The number of hydrogen-bond acceptors (Lipinski definition) is 5. The second kappa shape index (κ2) is 9.55. The van der Waals surface area contributed by atoms with Crippen molar-refractivity contribution in [2.75, 3.05) is 30.3 Å². The van der Waals surface area contributed by atoms with Crippen molar-refractivity contribution in [1.29, 1.82) is 0 Å². The van der Waals surface area contributed by atoms with E-state index in [0.29, 0.717) is 6.54 Å². The van der Waals surface area contributed by atoms with Crippen LogP contribution in [0.25, 0.3) is 0 Å². The van der Waals surface area contributed by atoms with Gasteiger partial charge in [-0.15, -0.1) is 0 Å². The summed E-state index contributed by atoms with van der Waals surface area (Å²) in [7, 11) is -0.295. The summed E-state index contributed by atoms with van der Waals surface area (Å²) in [5.74, 6) is -3.34. The lowest BCUT2D eigenvalue weighted by Gasteiger charge is -2.30. The van der Waals surface area contributed by atoms with Crippen LogP contribution >= 0.6 is 0 Å². The van der Waals surface area contributed by atoms with Gasteiger partial charge in [0.1, 0.15) is 17.2 Å². The molecular formula is C25H23F2N3O4S. The molecule has 3 aromatic rings. The molecule has 0 spiro atoms. The number of ketones is 1. The number of anilines is 2. The molecule has 0 aromatic heterocycles. The third-order valence-corrected chi connectivity index (χ3v) is 7.35. The van der Waals surface area contributed by atoms with Crippen LogP contribution in [0.2, 0.25) is 0 Å². The fraction of sp³-hybridized carbons (Fsp3) is 0.200. The summed E-state index contributed by atoms with van der Waals surface area (Å²) < 4.78 is 56.2. The van der Waals surface area contributed by atoms with Crippen molar-refractivity contribution < 1.29 is 26.8 Å². The van der Waals surface area contributed by atoms with Crippen LogP contribution in [0.5, 0.6) is 0 Å². The summed E-state index contributed by atoms with van der Waals surface area (Å²) in [5, 5.41) is 2.39. The van der Waals surface area contributed by atoms with Gasteiger partial charge in [0.05, 0.1) is 10.6 Å². The Morgan fingerprint density at radius 3 is 2.40 bits per heavy atom. The van der Waals surface area contributed by atoms with Crippen molar-refractivity contribution in [1.82, 2.24) is 4.90 Å². The van der Waals surface area contributed by atoms with Gasteiger partial charge in [0, 0.05) is 30.8 Å². The number of carbonyl (C=O) groups is 2. The third-order valence-electron chi connectivity index (χ3n) is 5.54. The molecule has 0 saturated heterocycles. The monoisotopic (exact) mass is 499 g/mol. The molecule has 0 saturated carbocycles. The van der Waals surface area contributed by atoms with Crippen molar-refractivity contribution in [2.45, 2.75) is 17.9 Å². The molecule has 1 heterocycles. The highest BCUT2D eigenvalue weighted by Crippen LogP contribution is 2.34. The smallest absolute Gasteiger partial charge is 0.264 e. The zero-order valence-corrected chi connectivity index (χ0v) is 19.9. The highest BCUT2D eigenvalue weighted by molar-refractivity contribution is 7.92. The van der Waals surface area contributed by atoms with Gasteiger partial charge in [-0.3, -0.25) is 13.9 Å². The highest BCUT2D eigenvalue weighted by atomic mass is 32.2. The van der Waals surface area contributed by atoms with Gasteiger partial charge in [-0.1, -0.05) is 18.2 Å². The van der Waals surface area contributed by atoms with E-state index in [-0.39, 0.29) is 40.6 Å². The van der Waals surface area contributed by atoms with Gasteiger partial charge in [0.15, 0.2) is 5.78 Å². The number of rotatable bonds is 6. The number of Topliss-reactive ketones (excluding diaryl/α,β-unsaturated/α-hetero) is 1. The molecule has 4 rings (SSSR count). The first-order valence-electron chi connectivity index (χ1n) is 10.8. The summed E-state index contributed by atoms with van der Waals surface area (Å²) in [4.78, 5) is 27.0. The van der Waals surface area contributed by atoms with E-state index in [1.54, 1.807) is 12.1 Å². The first kappa shape index (κ1) is 24.5. The molecule has 1 aliphatic heterocycles. The third kappa shape index (κ3) is 4.94. The first-order chi connectivity index (χ1) is 16.6. The van der Waals surface area contributed by atoms with Gasteiger partial charge in [-0.2, -0.15) is 0 Å². The van der Waals surface area contributed by atoms with Gasteiger partial charge in [-0.25, -0.2) is 17.2 Å². The summed E-state index contributed by atoms with van der Waals surface area (Å²) in [6.45, 7) is 0.465. The average molecular weight is 500 g/mol. The zero-order valence-electron chi connectivity index (χ0n) is 19.1. The molecule has 3 aromatic carbocycles. The van der Waals surface area contributed by atoms with Crippen LogP contribution in [0.15, 0.2) is 65.6 Å². The lowest BCUT2D eigenvalue weighted by atomic mass is 10.0. The molecule has 10 heteroatoms. The van der Waals surface area contributed by atoms with Gasteiger partial charge in [-0.05, 0) is 62.1 Å². The molecule has 0 fully saturated rings. The topological polar surface area (TPSA) is 86.8 Å². The molecule has 1 N–H and O–H groups in total. The number of carbonyl (C=O) groups excluding carboxylic acids is 2. The van der Waals surface area contributed by atoms with E-state index in [2.05, 4.69) is 5.32 Å². The van der Waals surface area contributed by atoms with Crippen LogP contribution in [-0.4, -0.2) is 45.6 Å². The standard InChI is InChI=1S/C25H23F2N3O4S/c1-29(2)15-16-5-3-6-18(13-16)35(33,34)30-12-11-23(31)19-10-9-17(14-22(19)30)28-25(32)24-20(26)7-4-8-21(24)27/h3-10,13-14H,11-12,15H2,1-2H3,(H,28,32). The maximum Gasteiger partial charge on any atom is 0.264 e. The second-order valence-corrected chi connectivity index (χ2v) is 10.3. The zero-order chi connectivity index (χ0) is 25.3. The lowest BCUT2D eigenvalue weighted by Crippen LogP contribution is -2.37. The quantitative estimate of drug-likeness (QED) is 0.553. The number of benzene rings is 3. The number of hydrogen-bond donors (Lipinski definition) is 1. The number of amides is 1. The fourth-order valence-corrected chi connectivity index (χ4v) is 5.51. The predicted octanol–water partition coefficient (Wildman–Crippen LogP) is 4.06. The Balaban J connectivity index is 1.71. The van der Waals surface area contributed by atoms with E-state index in [1.807, 2.05) is 25.1 Å². The van der Waals surface area contributed by atoms with Crippen molar-refractivity contribution in [3.8, 4) is 0 Å². The summed E-state index contributed by atoms with van der Waals surface area (Å²) >= 11 is 0. The number of nitrogens with one attached hydrogen (secondary N) is 1. The van der Waals surface area contributed by atoms with Gasteiger partial charge in [0.2, 0.25) is 0 Å². The lowest BCUT2D eigenvalue weighted by molar-refractivity contribution is 0.0980. The Morgan fingerprint density at radius 2 is 1.71 bits per heavy atom. The van der Waals surface area contributed by atoms with E-state index < -0.39 is 33.1 Å². The number of halogens is 2. The van der Waals surface area contributed by atoms with E-state index in [0.717, 1.165) is 28.1 Å². The predicted molar refractivity (Wildman–Crippen MR) is 128 cm³/mol. The molecule has 1 amide bonds. The van der Waals surface area contributed by atoms with Gasteiger partial charge < -0.3 is 10.2 Å². The van der Waals surface area contributed by atoms with Crippen LogP contribution in [0, 0.1) is 11.6 Å². The van der Waals surface area contributed by atoms with E-state index in [9.17, 15) is 26.8 Å². The SMILES string of the molecule is CN(C)Cc1cccc(S(=O)(=O)N2CCC(=O)c3ccc(NC(=O)c4c(F)cccc4F)cc32)c1. The van der Waals surface area contributed by atoms with E-state index in [4.69, 9.17) is 0 Å². The minimum absolute atomic E-state index is 0.00420. The van der Waals surface area contributed by atoms with Crippen molar-refractivity contribution >= 4 is 33.1 Å². The maximum absolute atomic E-state index is 14.0. The molecule has 7 nitrogen and oxygen atoms in total. The Labute approximate surface area is 202 Å². The summed E-state index contributed by atoms with van der Waals surface area (Å²) in [5.41, 5.74) is 0.402. The molecule has 0 radical (unpaired) electrons. The largest absolute Gasteiger partial charge is 0.322 e. The second-order valence-electron chi connectivity index (χ2n) is 8.42. The van der Waals surface area contributed by atoms with Gasteiger partial charge in [0.25, 0.3) is 15.9 Å². The molecule has 0 atom stereocenters. The Hall–Kier alpha value is -3.63. The fourth-order valence-electron chi connectivity index (χ4n) is 3.96. The number of nitrogens with zero attached hydrogens (tertiary/aromatic N) is 2. The van der Waals surface area contributed by atoms with Crippen LogP contribution in [0.1, 0.15) is 32.7 Å². The van der Waals surface area contributed by atoms with Crippen LogP contribution < -0.4 is 9.62 Å². The Morgan fingerprint density at radius 1 is 1.03 bits per heavy atom. The molecule has 1 aliphatic rings. The molecule has 0 aliphatic carbocycles. The molecular weight excluding hydrogens is 476 g/mol. The van der Waals surface area contributed by atoms with E-state index in [1.165, 1.54) is 24.3 Å².